The van der Waals surface area contributed by atoms with Crippen molar-refractivity contribution in [3.63, 3.8) is 0 Å². The zero-order valence-electron chi connectivity index (χ0n) is 15.2. The second-order valence-electron chi connectivity index (χ2n) is 6.16. The van der Waals surface area contributed by atoms with Crippen molar-refractivity contribution in [1.82, 2.24) is 14.8 Å². The molecule has 2 heterocycles. The quantitative estimate of drug-likeness (QED) is 0.325. The van der Waals surface area contributed by atoms with Crippen LogP contribution in [0.25, 0.3) is 27.8 Å². The van der Waals surface area contributed by atoms with Crippen LogP contribution < -0.4 is 5.56 Å². The molecule has 144 valence electrons. The predicted molar refractivity (Wildman–Crippen MR) is 105 cm³/mol. The summed E-state index contributed by atoms with van der Waals surface area (Å²) in [4.78, 5) is 39.8. The molecular formula is C20H14N4O5. The van der Waals surface area contributed by atoms with Gasteiger partial charge in [-0.1, -0.05) is 18.2 Å². The number of carbonyl (C=O) groups is 1. The minimum absolute atomic E-state index is 0.00909. The number of benzene rings is 2. The van der Waals surface area contributed by atoms with E-state index >= 15 is 0 Å². The first-order chi connectivity index (χ1) is 14.0. The van der Waals surface area contributed by atoms with Gasteiger partial charge in [0.2, 0.25) is 0 Å². The highest BCUT2D eigenvalue weighted by atomic mass is 16.6. The lowest BCUT2D eigenvalue weighted by Gasteiger charge is -2.05. The van der Waals surface area contributed by atoms with Gasteiger partial charge in [-0.2, -0.15) is 0 Å². The SMILES string of the molecule is COC(=O)c1cc(-c2ccc([N+](=O)[O-])cc2)c2c(=O)n(-c3ccccc3)[nH]c2n1. The molecule has 4 aromatic rings. The number of aromatic amines is 1. The molecule has 0 aliphatic rings. The Morgan fingerprint density at radius 1 is 1.14 bits per heavy atom. The lowest BCUT2D eigenvalue weighted by molar-refractivity contribution is -0.384. The molecule has 29 heavy (non-hydrogen) atoms. The number of H-pyrrole nitrogens is 1. The van der Waals surface area contributed by atoms with Crippen LogP contribution in [0.3, 0.4) is 0 Å². The summed E-state index contributed by atoms with van der Waals surface area (Å²) in [6, 6.07) is 16.1. The van der Waals surface area contributed by atoms with Crippen molar-refractivity contribution in [3.05, 3.63) is 86.8 Å². The zero-order chi connectivity index (χ0) is 20.5. The van der Waals surface area contributed by atoms with E-state index in [2.05, 4.69) is 10.1 Å². The van der Waals surface area contributed by atoms with Gasteiger partial charge in [0.05, 0.1) is 23.1 Å². The van der Waals surface area contributed by atoms with Gasteiger partial charge in [0, 0.05) is 17.7 Å². The Morgan fingerprint density at radius 3 is 2.45 bits per heavy atom. The van der Waals surface area contributed by atoms with Gasteiger partial charge in [0.1, 0.15) is 0 Å². The molecule has 4 rings (SSSR count). The average Bonchev–Trinajstić information content (AvgIpc) is 3.09. The van der Waals surface area contributed by atoms with Gasteiger partial charge in [0.15, 0.2) is 11.3 Å². The molecular weight excluding hydrogens is 376 g/mol. The minimum atomic E-state index is -0.664. The molecule has 9 heteroatoms. The second-order valence-corrected chi connectivity index (χ2v) is 6.16. The van der Waals surface area contributed by atoms with Gasteiger partial charge < -0.3 is 4.74 Å². The standard InChI is InChI=1S/C20H14N4O5/c1-29-20(26)16-11-15(12-7-9-14(10-8-12)24(27)28)17-18(21-16)22-23(19(17)25)13-5-3-2-4-6-13/h2-11H,1H3,(H,21,22). The fourth-order valence-electron chi connectivity index (χ4n) is 3.07. The summed E-state index contributed by atoms with van der Waals surface area (Å²) in [6.07, 6.45) is 0. The highest BCUT2D eigenvalue weighted by Crippen LogP contribution is 2.28. The first kappa shape index (κ1) is 18.1. The third-order valence-corrected chi connectivity index (χ3v) is 4.45. The molecule has 0 fully saturated rings. The molecule has 0 atom stereocenters. The van der Waals surface area contributed by atoms with Crippen molar-refractivity contribution in [3.8, 4) is 16.8 Å². The molecule has 0 spiro atoms. The smallest absolute Gasteiger partial charge is 0.356 e. The molecule has 0 saturated heterocycles. The van der Waals surface area contributed by atoms with Gasteiger partial charge in [-0.05, 0) is 35.9 Å². The number of methoxy groups -OCH3 is 1. The van der Waals surface area contributed by atoms with Crippen molar-refractivity contribution < 1.29 is 14.5 Å². The topological polar surface area (TPSA) is 120 Å². The number of nitrogens with zero attached hydrogens (tertiary/aromatic N) is 3. The van der Waals surface area contributed by atoms with Crippen LogP contribution in [0.1, 0.15) is 10.5 Å². The van der Waals surface area contributed by atoms with Crippen molar-refractivity contribution in [1.29, 1.82) is 0 Å². The first-order valence-electron chi connectivity index (χ1n) is 8.54. The lowest BCUT2D eigenvalue weighted by Crippen LogP contribution is -2.14. The van der Waals surface area contributed by atoms with Crippen molar-refractivity contribution in [2.75, 3.05) is 7.11 Å². The van der Waals surface area contributed by atoms with E-state index in [1.807, 2.05) is 6.07 Å². The van der Waals surface area contributed by atoms with Crippen molar-refractivity contribution in [2.24, 2.45) is 0 Å². The largest absolute Gasteiger partial charge is 0.464 e. The maximum Gasteiger partial charge on any atom is 0.356 e. The number of rotatable bonds is 4. The Hall–Kier alpha value is -4.27. The van der Waals surface area contributed by atoms with Gasteiger partial charge in [-0.3, -0.25) is 20.0 Å². The Balaban J connectivity index is 2.00. The Morgan fingerprint density at radius 2 is 1.83 bits per heavy atom. The summed E-state index contributed by atoms with van der Waals surface area (Å²) in [6.45, 7) is 0. The van der Waals surface area contributed by atoms with Crippen molar-refractivity contribution >= 4 is 22.7 Å². The molecule has 0 saturated carbocycles. The Labute approximate surface area is 163 Å². The molecule has 0 bridgehead atoms. The molecule has 1 N–H and O–H groups in total. The van der Waals surface area contributed by atoms with E-state index in [4.69, 9.17) is 4.74 Å². The predicted octanol–water partition coefficient (Wildman–Crippen LogP) is 3.08. The number of esters is 1. The van der Waals surface area contributed by atoms with E-state index < -0.39 is 10.9 Å². The number of hydrogen-bond donors (Lipinski definition) is 1. The molecule has 0 aliphatic heterocycles. The van der Waals surface area contributed by atoms with E-state index in [-0.39, 0.29) is 28.0 Å². The van der Waals surface area contributed by atoms with Crippen LogP contribution in [0.15, 0.2) is 65.5 Å². The highest BCUT2D eigenvalue weighted by Gasteiger charge is 2.20. The van der Waals surface area contributed by atoms with E-state index in [1.165, 1.54) is 42.1 Å². The number of fused-ring (bicyclic) bond motifs is 1. The van der Waals surface area contributed by atoms with Gasteiger partial charge in [-0.25, -0.2) is 14.5 Å². The fraction of sp³-hybridized carbons (Fsp3) is 0.0500. The molecule has 0 radical (unpaired) electrons. The third kappa shape index (κ3) is 3.14. The number of non-ortho nitro benzene ring substituents is 1. The van der Waals surface area contributed by atoms with E-state index in [9.17, 15) is 19.7 Å². The van der Waals surface area contributed by atoms with Crippen LogP contribution in [-0.4, -0.2) is 32.8 Å². The monoisotopic (exact) mass is 390 g/mol. The van der Waals surface area contributed by atoms with Crippen LogP contribution in [0.5, 0.6) is 0 Å². The van der Waals surface area contributed by atoms with E-state index in [1.54, 1.807) is 24.3 Å². The number of nitro groups is 1. The number of carbonyl (C=O) groups excluding carboxylic acids is 1. The van der Waals surface area contributed by atoms with Crippen LogP contribution >= 0.6 is 0 Å². The van der Waals surface area contributed by atoms with Crippen molar-refractivity contribution in [2.45, 2.75) is 0 Å². The fourth-order valence-corrected chi connectivity index (χ4v) is 3.07. The summed E-state index contributed by atoms with van der Waals surface area (Å²) in [5.74, 6) is -0.664. The molecule has 0 amide bonds. The maximum atomic E-state index is 13.1. The maximum absolute atomic E-state index is 13.1. The van der Waals surface area contributed by atoms with Gasteiger partial charge in [-0.15, -0.1) is 0 Å². The second kappa shape index (κ2) is 7.04. The Bertz CT molecular complexity index is 1290. The summed E-state index contributed by atoms with van der Waals surface area (Å²) in [7, 11) is 1.23. The number of para-hydroxylation sites is 1. The summed E-state index contributed by atoms with van der Waals surface area (Å²) in [5.41, 5.74) is 1.33. The molecule has 2 aromatic heterocycles. The van der Waals surface area contributed by atoms with Crippen LogP contribution in [0.2, 0.25) is 0 Å². The number of pyridine rings is 1. The van der Waals surface area contributed by atoms with Crippen LogP contribution in [0.4, 0.5) is 5.69 Å². The highest BCUT2D eigenvalue weighted by molar-refractivity contribution is 5.98. The summed E-state index contributed by atoms with van der Waals surface area (Å²) >= 11 is 0. The number of ether oxygens (including phenoxy) is 1. The normalized spacial score (nSPS) is 10.8. The molecule has 0 unspecified atom stereocenters. The summed E-state index contributed by atoms with van der Waals surface area (Å²) < 4.78 is 6.09. The van der Waals surface area contributed by atoms with Gasteiger partial charge in [0.25, 0.3) is 11.2 Å². The number of nitro benzene ring substituents is 1. The number of aromatic nitrogens is 3. The van der Waals surface area contributed by atoms with Gasteiger partial charge >= 0.3 is 5.97 Å². The molecule has 0 aliphatic carbocycles. The molecule has 9 nitrogen and oxygen atoms in total. The summed E-state index contributed by atoms with van der Waals surface area (Å²) in [5, 5.41) is 14.1. The zero-order valence-corrected chi connectivity index (χ0v) is 15.2. The van der Waals surface area contributed by atoms with E-state index in [0.29, 0.717) is 16.8 Å². The lowest BCUT2D eigenvalue weighted by atomic mass is 10.0. The minimum Gasteiger partial charge on any atom is -0.464 e. The number of nitrogens with one attached hydrogen (secondary N) is 1. The van der Waals surface area contributed by atoms with E-state index in [0.717, 1.165) is 0 Å². The number of hydrogen-bond acceptors (Lipinski definition) is 6. The van der Waals surface area contributed by atoms with Crippen LogP contribution in [-0.2, 0) is 4.74 Å². The third-order valence-electron chi connectivity index (χ3n) is 4.45. The van der Waals surface area contributed by atoms with Crippen LogP contribution in [0, 0.1) is 10.1 Å². The molecule has 2 aromatic carbocycles. The Kier molecular flexibility index (Phi) is 4.40. The first-order valence-corrected chi connectivity index (χ1v) is 8.54. The average molecular weight is 390 g/mol.